The minimum Gasteiger partial charge on any atom is -0.461 e. The Morgan fingerprint density at radius 1 is 1.33 bits per heavy atom. The molecule has 0 aromatic heterocycles. The Morgan fingerprint density at radius 3 is 2.48 bits per heavy atom. The van der Waals surface area contributed by atoms with Gasteiger partial charge in [-0.25, -0.2) is 0 Å². The molecule has 4 nitrogen and oxygen atoms in total. The molecule has 0 aromatic carbocycles. The Morgan fingerprint density at radius 2 is 1.95 bits per heavy atom. The summed E-state index contributed by atoms with van der Waals surface area (Å²) in [4.78, 5) is 24.0. The van der Waals surface area contributed by atoms with Gasteiger partial charge < -0.3 is 9.47 Å². The van der Waals surface area contributed by atoms with Gasteiger partial charge in [-0.3, -0.25) is 9.59 Å². The summed E-state index contributed by atoms with van der Waals surface area (Å²) in [5.41, 5.74) is -0.713. The number of esters is 2. The minimum absolute atomic E-state index is 0.164. The van der Waals surface area contributed by atoms with Crippen LogP contribution in [-0.2, 0) is 19.1 Å². The first kappa shape index (κ1) is 18.0. The maximum absolute atomic E-state index is 12.5. The Labute approximate surface area is 128 Å². The lowest BCUT2D eigenvalue weighted by atomic mass is 9.66. The molecule has 1 aliphatic rings. The lowest BCUT2D eigenvalue weighted by Gasteiger charge is -2.39. The summed E-state index contributed by atoms with van der Waals surface area (Å²) >= 11 is 0. The van der Waals surface area contributed by atoms with E-state index in [0.29, 0.717) is 6.42 Å². The quantitative estimate of drug-likeness (QED) is 0.742. The fourth-order valence-corrected chi connectivity index (χ4v) is 2.59. The second-order valence-electron chi connectivity index (χ2n) is 7.43. The van der Waals surface area contributed by atoms with Crippen molar-refractivity contribution in [3.05, 3.63) is 0 Å². The van der Waals surface area contributed by atoms with E-state index in [1.165, 1.54) is 0 Å². The van der Waals surface area contributed by atoms with Crippen LogP contribution in [0.4, 0.5) is 0 Å². The van der Waals surface area contributed by atoms with Gasteiger partial charge in [0.15, 0.2) is 0 Å². The van der Waals surface area contributed by atoms with Gasteiger partial charge in [0.25, 0.3) is 0 Å². The summed E-state index contributed by atoms with van der Waals surface area (Å²) in [7, 11) is 0. The molecule has 3 atom stereocenters. The van der Waals surface area contributed by atoms with E-state index in [9.17, 15) is 9.59 Å². The van der Waals surface area contributed by atoms with Crippen molar-refractivity contribution < 1.29 is 19.1 Å². The molecule has 1 saturated heterocycles. The molecule has 0 bridgehead atoms. The van der Waals surface area contributed by atoms with Gasteiger partial charge in [-0.15, -0.1) is 0 Å². The lowest BCUT2D eigenvalue weighted by Crippen LogP contribution is -2.42. The minimum atomic E-state index is -0.537. The predicted octanol–water partition coefficient (Wildman–Crippen LogP) is 3.72. The molecule has 1 fully saturated rings. The van der Waals surface area contributed by atoms with Crippen LogP contribution >= 0.6 is 0 Å². The van der Waals surface area contributed by atoms with E-state index in [2.05, 4.69) is 0 Å². The molecule has 4 heteroatoms. The number of hydrogen-bond acceptors (Lipinski definition) is 4. The molecule has 21 heavy (non-hydrogen) atoms. The SMILES string of the molecule is CCC(C)(C(=O)OCC1OC(=O)CCCC1C)C(C)(C)C. The molecule has 0 radical (unpaired) electrons. The predicted molar refractivity (Wildman–Crippen MR) is 81.7 cm³/mol. The number of rotatable bonds is 4. The van der Waals surface area contributed by atoms with Gasteiger partial charge in [-0.1, -0.05) is 34.6 Å². The standard InChI is InChI=1S/C17H30O4/c1-7-17(6,16(3,4)5)15(19)20-11-13-12(2)9-8-10-14(18)21-13/h12-13H,7-11H2,1-6H3. The molecule has 0 N–H and O–H groups in total. The highest BCUT2D eigenvalue weighted by Gasteiger charge is 2.44. The van der Waals surface area contributed by atoms with E-state index in [4.69, 9.17) is 9.47 Å². The molecular weight excluding hydrogens is 268 g/mol. The third-order valence-electron chi connectivity index (χ3n) is 5.15. The summed E-state index contributed by atoms with van der Waals surface area (Å²) < 4.78 is 10.9. The van der Waals surface area contributed by atoms with Crippen LogP contribution in [0.25, 0.3) is 0 Å². The highest BCUT2D eigenvalue weighted by Crippen LogP contribution is 2.42. The van der Waals surface area contributed by atoms with Crippen molar-refractivity contribution in [1.82, 2.24) is 0 Å². The average molecular weight is 298 g/mol. The van der Waals surface area contributed by atoms with Gasteiger partial charge in [0.05, 0.1) is 5.41 Å². The van der Waals surface area contributed by atoms with Gasteiger partial charge in [0.1, 0.15) is 12.7 Å². The van der Waals surface area contributed by atoms with E-state index in [1.807, 2.05) is 41.5 Å². The van der Waals surface area contributed by atoms with Gasteiger partial charge in [0.2, 0.25) is 0 Å². The molecule has 1 aliphatic heterocycles. The van der Waals surface area contributed by atoms with E-state index in [0.717, 1.165) is 19.3 Å². The summed E-state index contributed by atoms with van der Waals surface area (Å²) in [6.45, 7) is 12.3. The number of cyclic esters (lactones) is 1. The molecule has 1 rings (SSSR count). The molecule has 0 aliphatic carbocycles. The van der Waals surface area contributed by atoms with E-state index in [1.54, 1.807) is 0 Å². The van der Waals surface area contributed by atoms with Crippen LogP contribution in [-0.4, -0.2) is 24.6 Å². The zero-order valence-corrected chi connectivity index (χ0v) is 14.3. The van der Waals surface area contributed by atoms with Gasteiger partial charge in [0, 0.05) is 6.42 Å². The van der Waals surface area contributed by atoms with Gasteiger partial charge in [-0.2, -0.15) is 0 Å². The highest BCUT2D eigenvalue weighted by molar-refractivity contribution is 5.77. The highest BCUT2D eigenvalue weighted by atomic mass is 16.6. The summed E-state index contributed by atoms with van der Waals surface area (Å²) in [6.07, 6.45) is 2.64. The van der Waals surface area contributed by atoms with Crippen LogP contribution in [0.15, 0.2) is 0 Å². The average Bonchev–Trinajstić information content (AvgIpc) is 2.55. The van der Waals surface area contributed by atoms with E-state index < -0.39 is 5.41 Å². The van der Waals surface area contributed by atoms with E-state index >= 15 is 0 Å². The number of ether oxygens (including phenoxy) is 2. The maximum Gasteiger partial charge on any atom is 0.312 e. The second-order valence-corrected chi connectivity index (χ2v) is 7.43. The molecule has 0 aromatic rings. The molecule has 122 valence electrons. The Hall–Kier alpha value is -1.06. The van der Waals surface area contributed by atoms with Crippen molar-refractivity contribution in [3.63, 3.8) is 0 Å². The van der Waals surface area contributed by atoms with Crippen LogP contribution in [0.2, 0.25) is 0 Å². The summed E-state index contributed by atoms with van der Waals surface area (Å²) in [5.74, 6) is -0.161. The Balaban J connectivity index is 2.68. The zero-order chi connectivity index (χ0) is 16.3. The van der Waals surface area contributed by atoms with Crippen molar-refractivity contribution in [3.8, 4) is 0 Å². The summed E-state index contributed by atoms with van der Waals surface area (Å²) in [5, 5.41) is 0. The maximum atomic E-state index is 12.5. The first-order valence-corrected chi connectivity index (χ1v) is 7.98. The second kappa shape index (κ2) is 6.80. The zero-order valence-electron chi connectivity index (χ0n) is 14.3. The molecule has 0 amide bonds. The largest absolute Gasteiger partial charge is 0.461 e. The van der Waals surface area contributed by atoms with Gasteiger partial charge in [-0.05, 0) is 37.5 Å². The van der Waals surface area contributed by atoms with Crippen molar-refractivity contribution in [1.29, 1.82) is 0 Å². The number of carbonyl (C=O) groups is 2. The molecule has 3 unspecified atom stereocenters. The smallest absolute Gasteiger partial charge is 0.312 e. The van der Waals surface area contributed by atoms with Crippen LogP contribution in [0.3, 0.4) is 0 Å². The molecule has 1 heterocycles. The van der Waals surface area contributed by atoms with Crippen LogP contribution in [0.5, 0.6) is 0 Å². The molecular formula is C17H30O4. The monoisotopic (exact) mass is 298 g/mol. The van der Waals surface area contributed by atoms with Crippen molar-refractivity contribution >= 4 is 11.9 Å². The first-order chi connectivity index (χ1) is 9.61. The fraction of sp³-hybridized carbons (Fsp3) is 0.882. The van der Waals surface area contributed by atoms with Crippen LogP contribution in [0, 0.1) is 16.7 Å². The number of carbonyl (C=O) groups excluding carboxylic acids is 2. The van der Waals surface area contributed by atoms with Gasteiger partial charge >= 0.3 is 11.9 Å². The topological polar surface area (TPSA) is 52.6 Å². The Bertz CT molecular complexity index is 383. The van der Waals surface area contributed by atoms with Crippen molar-refractivity contribution in [2.45, 2.75) is 73.3 Å². The fourth-order valence-electron chi connectivity index (χ4n) is 2.59. The van der Waals surface area contributed by atoms with Crippen LogP contribution < -0.4 is 0 Å². The lowest BCUT2D eigenvalue weighted by molar-refractivity contribution is -0.171. The number of hydrogen-bond donors (Lipinski definition) is 0. The third-order valence-corrected chi connectivity index (χ3v) is 5.15. The Kier molecular flexibility index (Phi) is 5.83. The normalized spacial score (nSPS) is 26.5. The van der Waals surface area contributed by atoms with Crippen molar-refractivity contribution in [2.75, 3.05) is 6.61 Å². The summed E-state index contributed by atoms with van der Waals surface area (Å²) in [6, 6.07) is 0. The molecule has 0 saturated carbocycles. The van der Waals surface area contributed by atoms with Crippen molar-refractivity contribution in [2.24, 2.45) is 16.7 Å². The van der Waals surface area contributed by atoms with Crippen LogP contribution in [0.1, 0.15) is 67.2 Å². The van der Waals surface area contributed by atoms with E-state index in [-0.39, 0.29) is 36.0 Å². The molecule has 0 spiro atoms. The third kappa shape index (κ3) is 4.21. The first-order valence-electron chi connectivity index (χ1n) is 7.98.